The Bertz CT molecular complexity index is 663. The molecule has 1 amide bonds. The third kappa shape index (κ3) is 5.14. The first-order chi connectivity index (χ1) is 10.7. The summed E-state index contributed by atoms with van der Waals surface area (Å²) in [4.78, 5) is 11.8. The average Bonchev–Trinajstić information content (AvgIpc) is 2.54. The van der Waals surface area contributed by atoms with Crippen LogP contribution in [0.2, 0.25) is 0 Å². The highest BCUT2D eigenvalue weighted by Gasteiger charge is 2.01. The predicted molar refractivity (Wildman–Crippen MR) is 95.7 cm³/mol. The van der Waals surface area contributed by atoms with E-state index in [0.717, 1.165) is 17.7 Å². The maximum absolute atomic E-state index is 11.8. The van der Waals surface area contributed by atoms with E-state index in [0.29, 0.717) is 0 Å². The lowest BCUT2D eigenvalue weighted by Gasteiger charge is -2.08. The van der Waals surface area contributed by atoms with Gasteiger partial charge in [-0.1, -0.05) is 49.4 Å². The van der Waals surface area contributed by atoms with Crippen molar-refractivity contribution in [3.63, 3.8) is 0 Å². The number of anilines is 1. The molecule has 0 aliphatic carbocycles. The number of hydrogen-bond donors (Lipinski definition) is 2. The lowest BCUT2D eigenvalue weighted by molar-refractivity contribution is -0.115. The van der Waals surface area contributed by atoms with Crippen LogP contribution >= 0.6 is 12.2 Å². The molecule has 0 fully saturated rings. The molecule has 0 unspecified atom stereocenters. The van der Waals surface area contributed by atoms with Gasteiger partial charge in [0.15, 0.2) is 5.11 Å². The number of carbonyl (C=O) groups is 1. The van der Waals surface area contributed by atoms with Gasteiger partial charge in [0, 0.05) is 11.8 Å². The van der Waals surface area contributed by atoms with Crippen LogP contribution in [0.1, 0.15) is 18.1 Å². The van der Waals surface area contributed by atoms with E-state index in [1.54, 1.807) is 6.08 Å². The fraction of sp³-hybridized carbons (Fsp3) is 0.111. The summed E-state index contributed by atoms with van der Waals surface area (Å²) in [6.45, 7) is 2.10. The Morgan fingerprint density at radius 3 is 2.41 bits per heavy atom. The molecule has 0 aliphatic heterocycles. The molecule has 0 radical (unpaired) electrons. The summed E-state index contributed by atoms with van der Waals surface area (Å²) in [5.41, 5.74) is 3.08. The number of rotatable bonds is 4. The van der Waals surface area contributed by atoms with Crippen LogP contribution in [0.15, 0.2) is 60.7 Å². The van der Waals surface area contributed by atoms with Crippen molar-refractivity contribution in [3.05, 3.63) is 71.8 Å². The molecule has 0 aromatic heterocycles. The first-order valence-corrected chi connectivity index (χ1v) is 7.52. The standard InChI is InChI=1S/C18H18N2OS/c1-2-14-8-11-16(12-9-14)19-18(22)20-17(21)13-10-15-6-4-3-5-7-15/h3-13H,2H2,1H3,(H2,19,20,21,22)/b13-10+. The Morgan fingerprint density at radius 2 is 1.77 bits per heavy atom. The Labute approximate surface area is 136 Å². The molecule has 0 aliphatic rings. The molecule has 0 heterocycles. The van der Waals surface area contributed by atoms with Gasteiger partial charge in [-0.3, -0.25) is 10.1 Å². The number of amides is 1. The molecule has 0 atom stereocenters. The normalized spacial score (nSPS) is 10.4. The van der Waals surface area contributed by atoms with Crippen LogP contribution in [-0.4, -0.2) is 11.0 Å². The molecule has 2 N–H and O–H groups in total. The molecular formula is C18H18N2OS. The van der Waals surface area contributed by atoms with Gasteiger partial charge in [-0.2, -0.15) is 0 Å². The van der Waals surface area contributed by atoms with Gasteiger partial charge >= 0.3 is 0 Å². The SMILES string of the molecule is CCc1ccc(NC(=S)NC(=O)/C=C/c2ccccc2)cc1. The molecular weight excluding hydrogens is 292 g/mol. The maximum Gasteiger partial charge on any atom is 0.250 e. The minimum Gasteiger partial charge on any atom is -0.332 e. The Balaban J connectivity index is 1.85. The Kier molecular flexibility index (Phi) is 5.86. The highest BCUT2D eigenvalue weighted by Crippen LogP contribution is 2.09. The zero-order valence-corrected chi connectivity index (χ0v) is 13.2. The zero-order valence-electron chi connectivity index (χ0n) is 12.4. The van der Waals surface area contributed by atoms with Crippen molar-refractivity contribution in [1.82, 2.24) is 5.32 Å². The lowest BCUT2D eigenvalue weighted by Crippen LogP contribution is -2.32. The second-order valence-electron chi connectivity index (χ2n) is 4.74. The molecule has 2 aromatic carbocycles. The topological polar surface area (TPSA) is 41.1 Å². The molecule has 0 bridgehead atoms. The van der Waals surface area contributed by atoms with Crippen LogP contribution in [0.4, 0.5) is 5.69 Å². The van der Waals surface area contributed by atoms with Crippen molar-refractivity contribution in [2.75, 3.05) is 5.32 Å². The Morgan fingerprint density at radius 1 is 1.09 bits per heavy atom. The van der Waals surface area contributed by atoms with Crippen molar-refractivity contribution >= 4 is 35.0 Å². The molecule has 0 saturated heterocycles. The summed E-state index contributed by atoms with van der Waals surface area (Å²) in [6.07, 6.45) is 4.20. The van der Waals surface area contributed by atoms with E-state index < -0.39 is 0 Å². The number of benzene rings is 2. The van der Waals surface area contributed by atoms with E-state index in [9.17, 15) is 4.79 Å². The van der Waals surface area contributed by atoms with Gasteiger partial charge in [0.05, 0.1) is 0 Å². The maximum atomic E-state index is 11.8. The van der Waals surface area contributed by atoms with Gasteiger partial charge in [0.25, 0.3) is 0 Å². The predicted octanol–water partition coefficient (Wildman–Crippen LogP) is 3.78. The molecule has 0 spiro atoms. The van der Waals surface area contributed by atoms with Gasteiger partial charge in [0.1, 0.15) is 0 Å². The second-order valence-corrected chi connectivity index (χ2v) is 5.15. The molecule has 2 rings (SSSR count). The number of aryl methyl sites for hydroxylation is 1. The highest BCUT2D eigenvalue weighted by atomic mass is 32.1. The largest absolute Gasteiger partial charge is 0.332 e. The molecule has 112 valence electrons. The van der Waals surface area contributed by atoms with E-state index in [4.69, 9.17) is 12.2 Å². The van der Waals surface area contributed by atoms with Crippen LogP contribution in [0.5, 0.6) is 0 Å². The van der Waals surface area contributed by atoms with Crippen LogP contribution < -0.4 is 10.6 Å². The summed E-state index contributed by atoms with van der Waals surface area (Å²) in [7, 11) is 0. The smallest absolute Gasteiger partial charge is 0.250 e. The quantitative estimate of drug-likeness (QED) is 0.667. The van der Waals surface area contributed by atoms with Crippen molar-refractivity contribution in [1.29, 1.82) is 0 Å². The number of thiocarbonyl (C=S) groups is 1. The van der Waals surface area contributed by atoms with Gasteiger partial charge in [-0.15, -0.1) is 0 Å². The summed E-state index contributed by atoms with van der Waals surface area (Å²) in [5, 5.41) is 5.89. The van der Waals surface area contributed by atoms with Crippen molar-refractivity contribution in [2.45, 2.75) is 13.3 Å². The molecule has 22 heavy (non-hydrogen) atoms. The van der Waals surface area contributed by atoms with Gasteiger partial charge in [0.2, 0.25) is 5.91 Å². The average molecular weight is 310 g/mol. The summed E-state index contributed by atoms with van der Waals surface area (Å²) >= 11 is 5.13. The molecule has 2 aromatic rings. The summed E-state index contributed by atoms with van der Waals surface area (Å²) < 4.78 is 0. The monoisotopic (exact) mass is 310 g/mol. The fourth-order valence-corrected chi connectivity index (χ4v) is 2.09. The summed E-state index contributed by atoms with van der Waals surface area (Å²) in [6, 6.07) is 17.6. The summed E-state index contributed by atoms with van der Waals surface area (Å²) in [5.74, 6) is -0.258. The molecule has 0 saturated carbocycles. The van der Waals surface area contributed by atoms with Crippen molar-refractivity contribution in [2.24, 2.45) is 0 Å². The van der Waals surface area contributed by atoms with Crippen molar-refractivity contribution < 1.29 is 4.79 Å². The fourth-order valence-electron chi connectivity index (χ4n) is 1.88. The number of carbonyl (C=O) groups excluding carboxylic acids is 1. The van der Waals surface area contributed by atoms with Crippen LogP contribution in [0.25, 0.3) is 6.08 Å². The van der Waals surface area contributed by atoms with Gasteiger partial charge < -0.3 is 5.32 Å². The Hall–Kier alpha value is -2.46. The van der Waals surface area contributed by atoms with E-state index >= 15 is 0 Å². The third-order valence-corrected chi connectivity index (χ3v) is 3.29. The first kappa shape index (κ1) is 15.9. The van der Waals surface area contributed by atoms with Crippen LogP contribution in [0.3, 0.4) is 0 Å². The van der Waals surface area contributed by atoms with E-state index in [2.05, 4.69) is 17.6 Å². The van der Waals surface area contributed by atoms with Gasteiger partial charge in [-0.05, 0) is 48.0 Å². The lowest BCUT2D eigenvalue weighted by atomic mass is 10.1. The van der Waals surface area contributed by atoms with Crippen LogP contribution in [-0.2, 0) is 11.2 Å². The highest BCUT2D eigenvalue weighted by molar-refractivity contribution is 7.80. The zero-order chi connectivity index (χ0) is 15.8. The number of hydrogen-bond acceptors (Lipinski definition) is 2. The third-order valence-electron chi connectivity index (χ3n) is 3.08. The van der Waals surface area contributed by atoms with Crippen molar-refractivity contribution in [3.8, 4) is 0 Å². The first-order valence-electron chi connectivity index (χ1n) is 7.11. The van der Waals surface area contributed by atoms with E-state index in [-0.39, 0.29) is 11.0 Å². The van der Waals surface area contributed by atoms with Crippen LogP contribution in [0, 0.1) is 0 Å². The minimum atomic E-state index is -0.258. The van der Waals surface area contributed by atoms with E-state index in [1.807, 2.05) is 54.6 Å². The second kappa shape index (κ2) is 8.10. The minimum absolute atomic E-state index is 0.258. The number of nitrogens with one attached hydrogen (secondary N) is 2. The van der Waals surface area contributed by atoms with E-state index in [1.165, 1.54) is 11.6 Å². The van der Waals surface area contributed by atoms with Gasteiger partial charge in [-0.25, -0.2) is 0 Å². The molecule has 4 heteroatoms. The molecule has 3 nitrogen and oxygen atoms in total.